The third kappa shape index (κ3) is 3.26. The second-order valence-corrected chi connectivity index (χ2v) is 5.70. The molecule has 6 nitrogen and oxygen atoms in total. The molecule has 1 rings (SSSR count). The van der Waals surface area contributed by atoms with Crippen molar-refractivity contribution in [2.45, 2.75) is 18.4 Å². The number of aryl methyl sites for hydroxylation is 1. The molecule has 0 fully saturated rings. The molecule has 1 aromatic rings. The molecule has 0 aromatic heterocycles. The summed E-state index contributed by atoms with van der Waals surface area (Å²) in [5, 5.41) is 10.5. The smallest absolute Gasteiger partial charge is 0.387 e. The van der Waals surface area contributed by atoms with Crippen LogP contribution in [0.25, 0.3) is 0 Å². The van der Waals surface area contributed by atoms with Gasteiger partial charge < -0.3 is 4.74 Å². The van der Waals surface area contributed by atoms with Crippen LogP contribution < -0.4 is 4.74 Å². The minimum absolute atomic E-state index is 0.135. The number of rotatable bonds is 4. The highest BCUT2D eigenvalue weighted by atomic mass is 35.7. The lowest BCUT2D eigenvalue weighted by Crippen LogP contribution is -2.08. The number of non-ortho nitro benzene ring substituents is 1. The Morgan fingerprint density at radius 3 is 2.39 bits per heavy atom. The average molecular weight is 302 g/mol. The maximum atomic E-state index is 12.1. The number of nitro benzene ring substituents is 1. The molecule has 0 radical (unpaired) electrons. The Balaban J connectivity index is 3.55. The molecule has 100 valence electrons. The van der Waals surface area contributed by atoms with Gasteiger partial charge in [-0.2, -0.15) is 8.78 Å². The maximum Gasteiger partial charge on any atom is 0.387 e. The zero-order chi connectivity index (χ0) is 14.1. The summed E-state index contributed by atoms with van der Waals surface area (Å²) in [6, 6.07) is 1.47. The average Bonchev–Trinajstić information content (AvgIpc) is 2.17. The van der Waals surface area contributed by atoms with Gasteiger partial charge in [0.15, 0.2) is 0 Å². The molecule has 0 atom stereocenters. The van der Waals surface area contributed by atoms with Gasteiger partial charge in [-0.25, -0.2) is 8.42 Å². The fraction of sp³-hybridized carbons (Fsp3) is 0.250. The number of hydrogen-bond donors (Lipinski definition) is 0. The lowest BCUT2D eigenvalue weighted by Gasteiger charge is -2.11. The van der Waals surface area contributed by atoms with E-state index in [0.717, 1.165) is 6.07 Å². The fourth-order valence-corrected chi connectivity index (χ4v) is 2.29. The van der Waals surface area contributed by atoms with Crippen LogP contribution in [0.2, 0.25) is 0 Å². The van der Waals surface area contributed by atoms with Crippen molar-refractivity contribution in [1.82, 2.24) is 0 Å². The summed E-state index contributed by atoms with van der Waals surface area (Å²) in [7, 11) is 0.572. The molecule has 0 amide bonds. The van der Waals surface area contributed by atoms with Crippen LogP contribution in [0.15, 0.2) is 17.0 Å². The molecular weight excluding hydrogens is 296 g/mol. The summed E-state index contributed by atoms with van der Waals surface area (Å²) in [5.74, 6) is -0.703. The summed E-state index contributed by atoms with van der Waals surface area (Å²) in [5.41, 5.74) is -0.725. The summed E-state index contributed by atoms with van der Waals surface area (Å²) < 4.78 is 50.6. The molecule has 10 heteroatoms. The predicted molar refractivity (Wildman–Crippen MR) is 57.5 cm³/mol. The van der Waals surface area contributed by atoms with Gasteiger partial charge in [0.25, 0.3) is 14.7 Å². The van der Waals surface area contributed by atoms with Gasteiger partial charge in [-0.3, -0.25) is 10.1 Å². The van der Waals surface area contributed by atoms with Gasteiger partial charge in [0, 0.05) is 22.8 Å². The highest BCUT2D eigenvalue weighted by Gasteiger charge is 2.25. The molecule has 0 N–H and O–H groups in total. The molecule has 18 heavy (non-hydrogen) atoms. The van der Waals surface area contributed by atoms with Gasteiger partial charge in [-0.1, -0.05) is 0 Å². The van der Waals surface area contributed by atoms with Gasteiger partial charge in [-0.05, 0) is 12.5 Å². The van der Waals surface area contributed by atoms with Crippen molar-refractivity contribution in [3.63, 3.8) is 0 Å². The Morgan fingerprint density at radius 1 is 1.44 bits per heavy atom. The zero-order valence-electron chi connectivity index (χ0n) is 8.76. The van der Waals surface area contributed by atoms with Crippen molar-refractivity contribution in [1.29, 1.82) is 0 Å². The van der Waals surface area contributed by atoms with E-state index in [0.29, 0.717) is 6.07 Å². The summed E-state index contributed by atoms with van der Waals surface area (Å²) >= 11 is 0. The van der Waals surface area contributed by atoms with E-state index in [4.69, 9.17) is 10.7 Å². The van der Waals surface area contributed by atoms with Gasteiger partial charge >= 0.3 is 6.61 Å². The topological polar surface area (TPSA) is 86.5 Å². The molecule has 0 unspecified atom stereocenters. The minimum Gasteiger partial charge on any atom is -0.433 e. The zero-order valence-corrected chi connectivity index (χ0v) is 10.3. The number of benzene rings is 1. The first-order valence-electron chi connectivity index (χ1n) is 4.31. The highest BCUT2D eigenvalue weighted by Crippen LogP contribution is 2.35. The van der Waals surface area contributed by atoms with E-state index in [9.17, 15) is 27.3 Å². The van der Waals surface area contributed by atoms with E-state index in [1.165, 1.54) is 6.92 Å². The fourth-order valence-electron chi connectivity index (χ4n) is 1.25. The number of nitro groups is 1. The van der Waals surface area contributed by atoms with Crippen LogP contribution in [0.3, 0.4) is 0 Å². The van der Waals surface area contributed by atoms with Gasteiger partial charge in [0.2, 0.25) is 0 Å². The van der Waals surface area contributed by atoms with E-state index in [1.54, 1.807) is 0 Å². The monoisotopic (exact) mass is 301 g/mol. The van der Waals surface area contributed by atoms with Crippen molar-refractivity contribution in [3.8, 4) is 5.75 Å². The molecule has 0 heterocycles. The standard InChI is InChI=1S/C8H6ClF2NO5S/c1-4-2-5(12(13)14)3-6(18(9,15)16)7(4)17-8(10)11/h2-3,8H,1H3. The van der Waals surface area contributed by atoms with E-state index in [2.05, 4.69) is 4.74 Å². The number of alkyl halides is 2. The first-order chi connectivity index (χ1) is 8.12. The second-order valence-electron chi connectivity index (χ2n) is 3.16. The minimum atomic E-state index is -4.45. The third-order valence-corrected chi connectivity index (χ3v) is 3.23. The largest absolute Gasteiger partial charge is 0.433 e. The lowest BCUT2D eigenvalue weighted by atomic mass is 10.2. The lowest BCUT2D eigenvalue weighted by molar-refractivity contribution is -0.385. The first-order valence-corrected chi connectivity index (χ1v) is 6.62. The van der Waals surface area contributed by atoms with Gasteiger partial charge in [0.1, 0.15) is 10.6 Å². The predicted octanol–water partition coefficient (Wildman–Crippen LogP) is 2.43. The number of nitrogens with zero attached hydrogens (tertiary/aromatic N) is 1. The number of ether oxygens (including phenoxy) is 1. The van der Waals surface area contributed by atoms with Crippen LogP contribution >= 0.6 is 10.7 Å². The number of halogens is 3. The Labute approximate surface area is 105 Å². The summed E-state index contributed by atoms with van der Waals surface area (Å²) in [4.78, 5) is 8.81. The van der Waals surface area contributed by atoms with E-state index >= 15 is 0 Å². The molecule has 0 aliphatic carbocycles. The normalized spacial score (nSPS) is 11.6. The Morgan fingerprint density at radius 2 is 2.00 bits per heavy atom. The van der Waals surface area contributed by atoms with Crippen molar-refractivity contribution >= 4 is 25.4 Å². The number of hydrogen-bond acceptors (Lipinski definition) is 5. The van der Waals surface area contributed by atoms with Crippen LogP contribution in [0.4, 0.5) is 14.5 Å². The summed E-state index contributed by atoms with van der Waals surface area (Å²) in [6.45, 7) is -2.08. The SMILES string of the molecule is Cc1cc([N+](=O)[O-])cc(S(=O)(=O)Cl)c1OC(F)F. The van der Waals surface area contributed by atoms with Crippen LogP contribution in [0.5, 0.6) is 5.75 Å². The van der Waals surface area contributed by atoms with E-state index < -0.39 is 36.9 Å². The molecule has 0 aliphatic heterocycles. The maximum absolute atomic E-state index is 12.1. The van der Waals surface area contributed by atoms with Crippen LogP contribution in [-0.4, -0.2) is 20.0 Å². The Hall–Kier alpha value is -1.48. The van der Waals surface area contributed by atoms with Crippen molar-refractivity contribution in [2.24, 2.45) is 0 Å². The Bertz CT molecular complexity index is 589. The van der Waals surface area contributed by atoms with Crippen LogP contribution in [-0.2, 0) is 9.05 Å². The molecule has 1 aromatic carbocycles. The van der Waals surface area contributed by atoms with Crippen molar-refractivity contribution in [2.75, 3.05) is 0 Å². The Kier molecular flexibility index (Phi) is 4.07. The second kappa shape index (κ2) is 5.02. The molecule has 0 saturated carbocycles. The van der Waals surface area contributed by atoms with Gasteiger partial charge in [-0.15, -0.1) is 0 Å². The van der Waals surface area contributed by atoms with E-state index in [-0.39, 0.29) is 5.56 Å². The third-order valence-electron chi connectivity index (χ3n) is 1.91. The molecular formula is C8H6ClF2NO5S. The molecule has 0 bridgehead atoms. The first kappa shape index (κ1) is 14.6. The molecule has 0 aliphatic rings. The van der Waals surface area contributed by atoms with Gasteiger partial charge in [0.05, 0.1) is 4.92 Å². The van der Waals surface area contributed by atoms with Crippen LogP contribution in [0.1, 0.15) is 5.56 Å². The highest BCUT2D eigenvalue weighted by molar-refractivity contribution is 8.13. The quantitative estimate of drug-likeness (QED) is 0.484. The molecule has 0 saturated heterocycles. The summed E-state index contributed by atoms with van der Waals surface area (Å²) in [6.07, 6.45) is 0. The van der Waals surface area contributed by atoms with Crippen molar-refractivity contribution < 1.29 is 26.9 Å². The van der Waals surface area contributed by atoms with E-state index in [1.807, 2.05) is 0 Å². The van der Waals surface area contributed by atoms with Crippen molar-refractivity contribution in [3.05, 3.63) is 27.8 Å². The van der Waals surface area contributed by atoms with Crippen LogP contribution in [0, 0.1) is 17.0 Å². The molecule has 0 spiro atoms.